The number of aromatic nitrogens is 2. The second-order valence-electron chi connectivity index (χ2n) is 8.10. The second-order valence-corrected chi connectivity index (χ2v) is 8.10. The molecular weight excluding hydrogens is 380 g/mol. The maximum atomic E-state index is 12.6. The number of rotatable bonds is 5. The van der Waals surface area contributed by atoms with Crippen molar-refractivity contribution >= 4 is 16.9 Å². The van der Waals surface area contributed by atoms with Crippen LogP contribution in [0.2, 0.25) is 0 Å². The highest BCUT2D eigenvalue weighted by Crippen LogP contribution is 2.32. The number of para-hydroxylation sites is 2. The lowest BCUT2D eigenvalue weighted by Crippen LogP contribution is -2.40. The average molecular weight is 406 g/mol. The number of amides is 1. The first-order valence-electron chi connectivity index (χ1n) is 10.5. The molecule has 7 heteroatoms. The number of aryl methyl sites for hydroxylation is 1. The molecule has 1 fully saturated rings. The summed E-state index contributed by atoms with van der Waals surface area (Å²) in [4.78, 5) is 19.8. The van der Waals surface area contributed by atoms with Crippen LogP contribution in [0.1, 0.15) is 29.0 Å². The van der Waals surface area contributed by atoms with Crippen molar-refractivity contribution in [2.24, 2.45) is 13.0 Å². The molecule has 2 aliphatic heterocycles. The molecule has 2 aliphatic rings. The maximum Gasteiger partial charge on any atom is 0.251 e. The molecule has 0 bridgehead atoms. The van der Waals surface area contributed by atoms with Crippen LogP contribution in [0.15, 0.2) is 42.5 Å². The van der Waals surface area contributed by atoms with Crippen LogP contribution in [0.3, 0.4) is 0 Å². The van der Waals surface area contributed by atoms with Crippen molar-refractivity contribution in [2.75, 3.05) is 26.4 Å². The molecule has 5 rings (SSSR count). The first kappa shape index (κ1) is 18.9. The van der Waals surface area contributed by atoms with Crippen LogP contribution >= 0.6 is 0 Å². The summed E-state index contributed by atoms with van der Waals surface area (Å²) in [6.45, 7) is 3.74. The molecule has 3 heterocycles. The zero-order chi connectivity index (χ0) is 20.5. The minimum Gasteiger partial charge on any atom is -0.454 e. The van der Waals surface area contributed by atoms with Crippen LogP contribution in [0.5, 0.6) is 11.5 Å². The highest BCUT2D eigenvalue weighted by Gasteiger charge is 2.23. The summed E-state index contributed by atoms with van der Waals surface area (Å²) in [6, 6.07) is 13.6. The van der Waals surface area contributed by atoms with Crippen molar-refractivity contribution < 1.29 is 14.3 Å². The predicted octanol–water partition coefficient (Wildman–Crippen LogP) is 2.94. The van der Waals surface area contributed by atoms with Crippen molar-refractivity contribution in [2.45, 2.75) is 19.4 Å². The molecule has 1 amide bonds. The van der Waals surface area contributed by atoms with Crippen LogP contribution in [-0.4, -0.2) is 46.8 Å². The lowest BCUT2D eigenvalue weighted by molar-refractivity contribution is 0.0929. The van der Waals surface area contributed by atoms with Crippen molar-refractivity contribution in [1.82, 2.24) is 19.8 Å². The van der Waals surface area contributed by atoms with Gasteiger partial charge in [-0.05, 0) is 55.6 Å². The van der Waals surface area contributed by atoms with Crippen LogP contribution in [0, 0.1) is 5.92 Å². The first-order chi connectivity index (χ1) is 14.7. The number of nitrogens with zero attached hydrogens (tertiary/aromatic N) is 3. The quantitative estimate of drug-likeness (QED) is 0.706. The van der Waals surface area contributed by atoms with Crippen LogP contribution in [0.25, 0.3) is 11.0 Å². The van der Waals surface area contributed by atoms with Crippen LogP contribution in [-0.2, 0) is 13.6 Å². The molecule has 1 saturated heterocycles. The number of fused-ring (bicyclic) bond motifs is 2. The van der Waals surface area contributed by atoms with E-state index in [-0.39, 0.29) is 12.7 Å². The van der Waals surface area contributed by atoms with E-state index in [2.05, 4.69) is 34.0 Å². The predicted molar refractivity (Wildman–Crippen MR) is 114 cm³/mol. The Morgan fingerprint density at radius 2 is 2.07 bits per heavy atom. The topological polar surface area (TPSA) is 68.6 Å². The van der Waals surface area contributed by atoms with Crippen LogP contribution in [0.4, 0.5) is 0 Å². The lowest BCUT2D eigenvalue weighted by atomic mass is 9.98. The summed E-state index contributed by atoms with van der Waals surface area (Å²) in [5.74, 6) is 2.78. The summed E-state index contributed by atoms with van der Waals surface area (Å²) in [5.41, 5.74) is 2.81. The number of ether oxygens (including phenoxy) is 2. The van der Waals surface area contributed by atoms with Gasteiger partial charge in [0.15, 0.2) is 11.5 Å². The molecule has 7 nitrogen and oxygen atoms in total. The number of hydrogen-bond acceptors (Lipinski definition) is 5. The summed E-state index contributed by atoms with van der Waals surface area (Å²) in [6.07, 6.45) is 2.26. The van der Waals surface area contributed by atoms with Gasteiger partial charge in [-0.15, -0.1) is 0 Å². The van der Waals surface area contributed by atoms with Gasteiger partial charge in [0.05, 0.1) is 17.6 Å². The van der Waals surface area contributed by atoms with Gasteiger partial charge >= 0.3 is 0 Å². The number of carbonyl (C=O) groups is 1. The SMILES string of the molecule is Cn1c(CN2CCCC(CNC(=O)c3ccc4c(c3)OCO4)C2)nc2ccccc21. The number of likely N-dealkylation sites (tertiary alicyclic amines) is 1. The van der Waals surface area contributed by atoms with E-state index in [0.717, 1.165) is 49.3 Å². The number of imidazole rings is 1. The molecule has 1 atom stereocenters. The van der Waals surface area contributed by atoms with Gasteiger partial charge in [0.25, 0.3) is 5.91 Å². The highest BCUT2D eigenvalue weighted by molar-refractivity contribution is 5.94. The fourth-order valence-corrected chi connectivity index (χ4v) is 4.38. The fourth-order valence-electron chi connectivity index (χ4n) is 4.38. The Labute approximate surface area is 175 Å². The van der Waals surface area contributed by atoms with Gasteiger partial charge in [-0.1, -0.05) is 12.1 Å². The van der Waals surface area contributed by atoms with Crippen LogP contribution < -0.4 is 14.8 Å². The molecule has 30 heavy (non-hydrogen) atoms. The van der Waals surface area contributed by atoms with Gasteiger partial charge in [0.1, 0.15) is 5.82 Å². The Balaban J connectivity index is 1.18. The Morgan fingerprint density at radius 1 is 1.20 bits per heavy atom. The van der Waals surface area contributed by atoms with Gasteiger partial charge in [0, 0.05) is 25.7 Å². The third-order valence-corrected chi connectivity index (χ3v) is 6.03. The molecule has 1 aromatic heterocycles. The molecule has 0 aliphatic carbocycles. The summed E-state index contributed by atoms with van der Waals surface area (Å²) in [5, 5.41) is 3.09. The van der Waals surface area contributed by atoms with E-state index in [1.54, 1.807) is 18.2 Å². The standard InChI is InChI=1S/C23H26N4O3/c1-26-19-7-3-2-6-18(19)25-22(26)14-27-10-4-5-16(13-27)12-24-23(28)17-8-9-20-21(11-17)30-15-29-20/h2-3,6-9,11,16H,4-5,10,12-15H2,1H3,(H,24,28). The summed E-state index contributed by atoms with van der Waals surface area (Å²) < 4.78 is 12.9. The first-order valence-corrected chi connectivity index (χ1v) is 10.5. The van der Waals surface area contributed by atoms with Gasteiger partial charge in [-0.2, -0.15) is 0 Å². The smallest absolute Gasteiger partial charge is 0.251 e. The summed E-state index contributed by atoms with van der Waals surface area (Å²) in [7, 11) is 2.08. The number of nitrogens with one attached hydrogen (secondary N) is 1. The van der Waals surface area contributed by atoms with Crippen molar-refractivity contribution in [3.8, 4) is 11.5 Å². The molecule has 0 spiro atoms. The minimum atomic E-state index is -0.0687. The summed E-state index contributed by atoms with van der Waals surface area (Å²) >= 11 is 0. The average Bonchev–Trinajstić information content (AvgIpc) is 3.36. The van der Waals surface area contributed by atoms with Gasteiger partial charge in [-0.25, -0.2) is 4.98 Å². The molecule has 1 N–H and O–H groups in total. The van der Waals surface area contributed by atoms with Gasteiger partial charge in [0.2, 0.25) is 6.79 Å². The molecule has 3 aromatic rings. The fraction of sp³-hybridized carbons (Fsp3) is 0.391. The zero-order valence-corrected chi connectivity index (χ0v) is 17.1. The highest BCUT2D eigenvalue weighted by atomic mass is 16.7. The monoisotopic (exact) mass is 406 g/mol. The molecule has 0 radical (unpaired) electrons. The van der Waals surface area contributed by atoms with E-state index in [1.807, 2.05) is 12.1 Å². The number of piperidine rings is 1. The molecule has 0 saturated carbocycles. The maximum absolute atomic E-state index is 12.6. The molecule has 2 aromatic carbocycles. The number of benzene rings is 2. The molecule has 1 unspecified atom stereocenters. The van der Waals surface area contributed by atoms with E-state index in [1.165, 1.54) is 0 Å². The Kier molecular flexibility index (Phi) is 5.04. The lowest BCUT2D eigenvalue weighted by Gasteiger charge is -2.32. The third-order valence-electron chi connectivity index (χ3n) is 6.03. The Morgan fingerprint density at radius 3 is 2.97 bits per heavy atom. The van der Waals surface area contributed by atoms with E-state index < -0.39 is 0 Å². The second kappa shape index (κ2) is 7.99. The Bertz CT molecular complexity index is 1080. The normalized spacial score (nSPS) is 18.6. The largest absolute Gasteiger partial charge is 0.454 e. The van der Waals surface area contributed by atoms with E-state index >= 15 is 0 Å². The van der Waals surface area contributed by atoms with Crippen molar-refractivity contribution in [3.63, 3.8) is 0 Å². The molecular formula is C23H26N4O3. The molecule has 156 valence electrons. The number of hydrogen-bond donors (Lipinski definition) is 1. The van der Waals surface area contributed by atoms with Gasteiger partial charge < -0.3 is 19.4 Å². The van der Waals surface area contributed by atoms with Crippen molar-refractivity contribution in [1.29, 1.82) is 0 Å². The van der Waals surface area contributed by atoms with Gasteiger partial charge in [-0.3, -0.25) is 9.69 Å². The van der Waals surface area contributed by atoms with E-state index in [9.17, 15) is 4.79 Å². The third kappa shape index (κ3) is 3.73. The zero-order valence-electron chi connectivity index (χ0n) is 17.1. The van der Waals surface area contributed by atoms with Crippen molar-refractivity contribution in [3.05, 3.63) is 53.9 Å². The minimum absolute atomic E-state index is 0.0687. The number of carbonyl (C=O) groups excluding carboxylic acids is 1. The van der Waals surface area contributed by atoms with E-state index in [4.69, 9.17) is 14.5 Å². The Hall–Kier alpha value is -3.06. The van der Waals surface area contributed by atoms with E-state index in [0.29, 0.717) is 29.5 Å².